The van der Waals surface area contributed by atoms with E-state index in [2.05, 4.69) is 11.5 Å². The van der Waals surface area contributed by atoms with Gasteiger partial charge in [-0.25, -0.2) is 0 Å². The zero-order valence-electron chi connectivity index (χ0n) is 14.0. The fourth-order valence-electron chi connectivity index (χ4n) is 2.27. The number of rotatable bonds is 10. The lowest BCUT2D eigenvalue weighted by atomic mass is 10.1. The summed E-state index contributed by atoms with van der Waals surface area (Å²) in [6.07, 6.45) is 1.55. The molecule has 1 aromatic carbocycles. The highest BCUT2D eigenvalue weighted by molar-refractivity contribution is 5.46. The summed E-state index contributed by atoms with van der Waals surface area (Å²) in [5, 5.41) is 10.2. The van der Waals surface area contributed by atoms with Crippen LogP contribution in [0.25, 0.3) is 0 Å². The van der Waals surface area contributed by atoms with E-state index in [9.17, 15) is 5.11 Å². The molecule has 22 heavy (non-hydrogen) atoms. The summed E-state index contributed by atoms with van der Waals surface area (Å²) in [6, 6.07) is 5.78. The molecule has 1 rings (SSSR count). The molecule has 0 aliphatic heterocycles. The zero-order valence-corrected chi connectivity index (χ0v) is 14.0. The number of benzene rings is 1. The molecule has 5 nitrogen and oxygen atoms in total. The lowest BCUT2D eigenvalue weighted by Gasteiger charge is -2.30. The van der Waals surface area contributed by atoms with Crippen molar-refractivity contribution in [3.8, 4) is 11.5 Å². The van der Waals surface area contributed by atoms with Gasteiger partial charge in [0.2, 0.25) is 0 Å². The van der Waals surface area contributed by atoms with Crippen molar-refractivity contribution in [2.75, 3.05) is 41.0 Å². The fraction of sp³-hybridized carbons (Fsp3) is 0.529. The minimum absolute atomic E-state index is 0.459. The van der Waals surface area contributed by atoms with Crippen LogP contribution < -0.4 is 9.47 Å². The third-order valence-electron chi connectivity index (χ3n) is 3.47. The van der Waals surface area contributed by atoms with E-state index in [1.165, 1.54) is 0 Å². The van der Waals surface area contributed by atoms with E-state index in [-0.39, 0.29) is 0 Å². The normalized spacial score (nSPS) is 13.7. The van der Waals surface area contributed by atoms with Crippen molar-refractivity contribution in [1.82, 2.24) is 4.90 Å². The van der Waals surface area contributed by atoms with Crippen LogP contribution in [0.1, 0.15) is 12.5 Å². The van der Waals surface area contributed by atoms with Crippen molar-refractivity contribution in [3.63, 3.8) is 0 Å². The highest BCUT2D eigenvalue weighted by Crippen LogP contribution is 2.31. The van der Waals surface area contributed by atoms with E-state index in [0.29, 0.717) is 37.7 Å². The average Bonchev–Trinajstić information content (AvgIpc) is 2.51. The Morgan fingerprint density at radius 3 is 2.55 bits per heavy atom. The summed E-state index contributed by atoms with van der Waals surface area (Å²) in [4.78, 5) is 2.10. The summed E-state index contributed by atoms with van der Waals surface area (Å²) < 4.78 is 15.9. The van der Waals surface area contributed by atoms with Gasteiger partial charge in [-0.15, -0.1) is 6.58 Å². The molecule has 0 bridgehead atoms. The maximum atomic E-state index is 10.2. The van der Waals surface area contributed by atoms with Gasteiger partial charge in [-0.1, -0.05) is 18.2 Å². The van der Waals surface area contributed by atoms with Crippen LogP contribution in [0.3, 0.4) is 0 Å². The molecule has 1 unspecified atom stereocenters. The Labute approximate surface area is 133 Å². The van der Waals surface area contributed by atoms with Crippen molar-refractivity contribution in [2.45, 2.75) is 19.1 Å². The maximum Gasteiger partial charge on any atom is 0.165 e. The molecule has 0 heterocycles. The number of ether oxygens (including phenoxy) is 3. The Morgan fingerprint density at radius 2 is 2.00 bits per heavy atom. The molecule has 0 spiro atoms. The van der Waals surface area contributed by atoms with E-state index in [0.717, 1.165) is 5.56 Å². The molecule has 1 aromatic rings. The molecule has 1 atom stereocenters. The summed E-state index contributed by atoms with van der Waals surface area (Å²) in [5.41, 5.74) is 0.0395. The molecule has 0 aromatic heterocycles. The van der Waals surface area contributed by atoms with Crippen LogP contribution in [0.15, 0.2) is 30.9 Å². The minimum atomic E-state index is -0.958. The quantitative estimate of drug-likeness (QED) is 0.671. The summed E-state index contributed by atoms with van der Waals surface area (Å²) >= 11 is 0. The van der Waals surface area contributed by atoms with Gasteiger partial charge in [0.15, 0.2) is 11.5 Å². The van der Waals surface area contributed by atoms with Gasteiger partial charge >= 0.3 is 0 Å². The van der Waals surface area contributed by atoms with Crippen molar-refractivity contribution in [1.29, 1.82) is 0 Å². The van der Waals surface area contributed by atoms with E-state index >= 15 is 0 Å². The standard InChI is InChI=1S/C17H27NO4/c1-6-17(2,19)13-18(10-11-20-3)12-14-8-7-9-15(21-4)16(14)22-5/h6-9,19H,1,10-13H2,2-5H3. The monoisotopic (exact) mass is 309 g/mol. The molecular formula is C17H27NO4. The topological polar surface area (TPSA) is 51.2 Å². The molecule has 0 aliphatic rings. The fourth-order valence-corrected chi connectivity index (χ4v) is 2.27. The summed E-state index contributed by atoms with van der Waals surface area (Å²) in [5.74, 6) is 1.41. The highest BCUT2D eigenvalue weighted by Gasteiger charge is 2.22. The van der Waals surface area contributed by atoms with Crippen LogP contribution >= 0.6 is 0 Å². The summed E-state index contributed by atoms with van der Waals surface area (Å²) in [6.45, 7) is 7.78. The number of hydrogen-bond donors (Lipinski definition) is 1. The Bertz CT molecular complexity index is 474. The SMILES string of the molecule is C=CC(C)(O)CN(CCOC)Cc1cccc(OC)c1OC. The predicted octanol–water partition coefficient (Wildman–Crippen LogP) is 2.09. The van der Waals surface area contributed by atoms with Crippen molar-refractivity contribution in [2.24, 2.45) is 0 Å². The number of hydrogen-bond acceptors (Lipinski definition) is 5. The number of methoxy groups -OCH3 is 3. The smallest absolute Gasteiger partial charge is 0.165 e. The first-order chi connectivity index (χ1) is 10.5. The van der Waals surface area contributed by atoms with E-state index in [1.54, 1.807) is 34.3 Å². The Hall–Kier alpha value is -1.56. The molecule has 124 valence electrons. The van der Waals surface area contributed by atoms with E-state index in [4.69, 9.17) is 14.2 Å². The number of nitrogens with zero attached hydrogens (tertiary/aromatic N) is 1. The van der Waals surface area contributed by atoms with Crippen molar-refractivity contribution in [3.05, 3.63) is 36.4 Å². The Balaban J connectivity index is 2.95. The van der Waals surface area contributed by atoms with Crippen LogP contribution in [0, 0.1) is 0 Å². The molecule has 0 fully saturated rings. The van der Waals surface area contributed by atoms with Gasteiger partial charge in [-0.3, -0.25) is 4.90 Å². The second-order valence-corrected chi connectivity index (χ2v) is 5.42. The lowest BCUT2D eigenvalue weighted by molar-refractivity contribution is 0.0462. The molecular weight excluding hydrogens is 282 g/mol. The third kappa shape index (κ3) is 5.33. The Morgan fingerprint density at radius 1 is 1.27 bits per heavy atom. The van der Waals surface area contributed by atoms with Gasteiger partial charge in [0.25, 0.3) is 0 Å². The molecule has 5 heteroatoms. The van der Waals surface area contributed by atoms with Gasteiger partial charge < -0.3 is 19.3 Å². The minimum Gasteiger partial charge on any atom is -0.493 e. The predicted molar refractivity (Wildman–Crippen MR) is 87.5 cm³/mol. The second-order valence-electron chi connectivity index (χ2n) is 5.42. The van der Waals surface area contributed by atoms with Crippen LogP contribution in [-0.2, 0) is 11.3 Å². The van der Waals surface area contributed by atoms with Gasteiger partial charge in [-0.2, -0.15) is 0 Å². The maximum absolute atomic E-state index is 10.2. The first-order valence-corrected chi connectivity index (χ1v) is 7.24. The first kappa shape index (κ1) is 18.5. The van der Waals surface area contributed by atoms with Crippen LogP contribution in [0.2, 0.25) is 0 Å². The first-order valence-electron chi connectivity index (χ1n) is 7.24. The number of aliphatic hydroxyl groups is 1. The molecule has 1 N–H and O–H groups in total. The van der Waals surface area contributed by atoms with Crippen molar-refractivity contribution >= 4 is 0 Å². The number of para-hydroxylation sites is 1. The van der Waals surface area contributed by atoms with Crippen LogP contribution in [0.5, 0.6) is 11.5 Å². The highest BCUT2D eigenvalue weighted by atomic mass is 16.5. The van der Waals surface area contributed by atoms with E-state index < -0.39 is 5.60 Å². The van der Waals surface area contributed by atoms with E-state index in [1.807, 2.05) is 18.2 Å². The Kier molecular flexibility index (Phi) is 7.38. The van der Waals surface area contributed by atoms with Gasteiger partial charge in [0.1, 0.15) is 0 Å². The average molecular weight is 309 g/mol. The van der Waals surface area contributed by atoms with Gasteiger partial charge in [0, 0.05) is 32.3 Å². The van der Waals surface area contributed by atoms with Crippen LogP contribution in [0.4, 0.5) is 0 Å². The largest absolute Gasteiger partial charge is 0.493 e. The second kappa shape index (κ2) is 8.78. The molecule has 0 saturated heterocycles. The van der Waals surface area contributed by atoms with Gasteiger partial charge in [-0.05, 0) is 13.0 Å². The van der Waals surface area contributed by atoms with Gasteiger partial charge in [0.05, 0.1) is 26.4 Å². The lowest BCUT2D eigenvalue weighted by Crippen LogP contribution is -2.40. The summed E-state index contributed by atoms with van der Waals surface area (Å²) in [7, 11) is 4.91. The van der Waals surface area contributed by atoms with Crippen molar-refractivity contribution < 1.29 is 19.3 Å². The van der Waals surface area contributed by atoms with Crippen LogP contribution in [-0.4, -0.2) is 56.6 Å². The third-order valence-corrected chi connectivity index (χ3v) is 3.47. The molecule has 0 radical (unpaired) electrons. The molecule has 0 aliphatic carbocycles. The zero-order chi connectivity index (χ0) is 16.6. The molecule has 0 saturated carbocycles. The molecule has 0 amide bonds.